The van der Waals surface area contributed by atoms with Gasteiger partial charge in [-0.25, -0.2) is 0 Å². The zero-order chi connectivity index (χ0) is 23.3. The number of benzene rings is 1. The van der Waals surface area contributed by atoms with E-state index in [2.05, 4.69) is 76.4 Å². The predicted molar refractivity (Wildman–Crippen MR) is 137 cm³/mol. The maximum atomic E-state index is 6.08. The van der Waals surface area contributed by atoms with Gasteiger partial charge in [0.1, 0.15) is 6.61 Å². The summed E-state index contributed by atoms with van der Waals surface area (Å²) in [6.45, 7) is 13.5. The molecule has 0 saturated carbocycles. The quantitative estimate of drug-likeness (QED) is 0.358. The van der Waals surface area contributed by atoms with E-state index in [1.807, 2.05) is 12.3 Å². The van der Waals surface area contributed by atoms with Crippen LogP contribution in [0.15, 0.2) is 41.5 Å². The van der Waals surface area contributed by atoms with E-state index < -0.39 is 0 Å². The fourth-order valence-corrected chi connectivity index (χ4v) is 3.89. The van der Waals surface area contributed by atoms with Crippen LogP contribution in [0.1, 0.15) is 44.7 Å². The number of hydrogen-bond acceptors (Lipinski definition) is 7. The minimum Gasteiger partial charge on any atom is -0.476 e. The van der Waals surface area contributed by atoms with E-state index in [9.17, 15) is 0 Å². The average molecular weight is 454 g/mol. The molecule has 1 aliphatic rings. The molecule has 2 aromatic rings. The third-order valence-corrected chi connectivity index (χ3v) is 5.65. The van der Waals surface area contributed by atoms with Crippen molar-refractivity contribution in [2.45, 2.75) is 40.0 Å². The van der Waals surface area contributed by atoms with Crippen molar-refractivity contribution in [1.29, 1.82) is 0 Å². The fourth-order valence-electron chi connectivity index (χ4n) is 3.89. The third-order valence-electron chi connectivity index (χ3n) is 5.65. The first-order chi connectivity index (χ1) is 16.2. The Hall–Kier alpha value is -2.64. The lowest BCUT2D eigenvalue weighted by molar-refractivity contribution is 0.0320. The lowest BCUT2D eigenvalue weighted by Crippen LogP contribution is -2.38. The molecule has 0 amide bonds. The smallest absolute Gasteiger partial charge is 0.217 e. The molecule has 1 aromatic heterocycles. The highest BCUT2D eigenvalue weighted by molar-refractivity contribution is 5.80. The summed E-state index contributed by atoms with van der Waals surface area (Å²) in [5, 5.41) is 4.44. The van der Waals surface area contributed by atoms with Crippen LogP contribution in [0.2, 0.25) is 0 Å². The van der Waals surface area contributed by atoms with Gasteiger partial charge >= 0.3 is 0 Å². The summed E-state index contributed by atoms with van der Waals surface area (Å²) in [7, 11) is 0. The zero-order valence-corrected chi connectivity index (χ0v) is 20.4. The maximum Gasteiger partial charge on any atom is 0.217 e. The second kappa shape index (κ2) is 13.8. The first-order valence-electron chi connectivity index (χ1n) is 12.3. The van der Waals surface area contributed by atoms with Crippen LogP contribution in [0.3, 0.4) is 0 Å². The van der Waals surface area contributed by atoms with Gasteiger partial charge in [0.25, 0.3) is 0 Å². The van der Waals surface area contributed by atoms with Crippen molar-refractivity contribution in [3.63, 3.8) is 0 Å². The molecule has 0 atom stereocenters. The minimum absolute atomic E-state index is 0.602. The van der Waals surface area contributed by atoms with Gasteiger partial charge in [-0.1, -0.05) is 45.0 Å². The summed E-state index contributed by atoms with van der Waals surface area (Å²) in [5.74, 6) is 1.32. The minimum atomic E-state index is 0.602. The number of ether oxygens (including phenoxy) is 2. The lowest BCUT2D eigenvalue weighted by Gasteiger charge is -2.26. The highest BCUT2D eigenvalue weighted by Crippen LogP contribution is 2.24. The Morgan fingerprint density at radius 3 is 2.64 bits per heavy atom. The van der Waals surface area contributed by atoms with Crippen LogP contribution >= 0.6 is 0 Å². The number of nitrogens with zero attached hydrogens (tertiary/aromatic N) is 4. The number of nitrogens with one attached hydrogen (secondary N) is 1. The van der Waals surface area contributed by atoms with Crippen molar-refractivity contribution in [3.8, 4) is 5.88 Å². The molecule has 2 heterocycles. The number of aromatic nitrogens is 1. The summed E-state index contributed by atoms with van der Waals surface area (Å²) in [5.41, 5.74) is 6.59. The number of pyridine rings is 1. The number of aryl methyl sites for hydroxylation is 1. The molecule has 7 nitrogen and oxygen atoms in total. The van der Waals surface area contributed by atoms with E-state index in [0.717, 1.165) is 76.5 Å². The summed E-state index contributed by atoms with van der Waals surface area (Å²) < 4.78 is 11.5. The first kappa shape index (κ1) is 25.0. The second-order valence-corrected chi connectivity index (χ2v) is 8.31. The van der Waals surface area contributed by atoms with Gasteiger partial charge in [0, 0.05) is 50.5 Å². The molecular weight excluding hydrogens is 414 g/mol. The third kappa shape index (κ3) is 8.33. The van der Waals surface area contributed by atoms with Crippen LogP contribution < -0.4 is 15.1 Å². The van der Waals surface area contributed by atoms with Gasteiger partial charge in [-0.2, -0.15) is 10.1 Å². The topological polar surface area (TPSA) is 62.2 Å². The molecule has 0 bridgehead atoms. The normalized spacial score (nSPS) is 14.5. The summed E-state index contributed by atoms with van der Waals surface area (Å²) in [6.07, 6.45) is 5.02. The predicted octanol–water partition coefficient (Wildman–Crippen LogP) is 4.43. The van der Waals surface area contributed by atoms with E-state index in [4.69, 9.17) is 9.47 Å². The Kier molecular flexibility index (Phi) is 10.5. The SMILES string of the molecule is CCCN(CCC)c1cc(N/N=C/c2cccc(CC)c2)nc(OCCN2CCOCC2)c1. The molecule has 1 aliphatic heterocycles. The van der Waals surface area contributed by atoms with Crippen LogP contribution in [-0.4, -0.2) is 68.6 Å². The molecular formula is C26H39N5O2. The van der Waals surface area contributed by atoms with Crippen molar-refractivity contribution in [3.05, 3.63) is 47.5 Å². The second-order valence-electron chi connectivity index (χ2n) is 8.31. The number of morpholine rings is 1. The first-order valence-corrected chi connectivity index (χ1v) is 12.3. The molecule has 180 valence electrons. The molecule has 1 N–H and O–H groups in total. The van der Waals surface area contributed by atoms with E-state index in [1.54, 1.807) is 0 Å². The van der Waals surface area contributed by atoms with Crippen LogP contribution in [0.4, 0.5) is 11.5 Å². The largest absolute Gasteiger partial charge is 0.476 e. The molecule has 0 aliphatic carbocycles. The van der Waals surface area contributed by atoms with Crippen molar-refractivity contribution in [2.75, 3.05) is 62.9 Å². The van der Waals surface area contributed by atoms with E-state index in [1.165, 1.54) is 5.56 Å². The van der Waals surface area contributed by atoms with Gasteiger partial charge in [0.15, 0.2) is 5.82 Å². The summed E-state index contributed by atoms with van der Waals surface area (Å²) in [4.78, 5) is 9.41. The maximum absolute atomic E-state index is 6.08. The lowest BCUT2D eigenvalue weighted by atomic mass is 10.1. The van der Waals surface area contributed by atoms with E-state index in [-0.39, 0.29) is 0 Å². The van der Waals surface area contributed by atoms with Crippen molar-refractivity contribution in [1.82, 2.24) is 9.88 Å². The molecule has 0 unspecified atom stereocenters. The van der Waals surface area contributed by atoms with Gasteiger partial charge in [0.2, 0.25) is 5.88 Å². The Labute approximate surface area is 198 Å². The number of anilines is 2. The zero-order valence-electron chi connectivity index (χ0n) is 20.4. The Morgan fingerprint density at radius 2 is 1.91 bits per heavy atom. The van der Waals surface area contributed by atoms with Crippen LogP contribution in [-0.2, 0) is 11.2 Å². The van der Waals surface area contributed by atoms with Crippen molar-refractivity contribution in [2.24, 2.45) is 5.10 Å². The Bertz CT molecular complexity index is 862. The number of hydrazone groups is 1. The number of hydrogen-bond donors (Lipinski definition) is 1. The fraction of sp³-hybridized carbons (Fsp3) is 0.538. The van der Waals surface area contributed by atoms with Crippen LogP contribution in [0, 0.1) is 0 Å². The molecule has 33 heavy (non-hydrogen) atoms. The highest BCUT2D eigenvalue weighted by atomic mass is 16.5. The van der Waals surface area contributed by atoms with Gasteiger partial charge in [0.05, 0.1) is 19.4 Å². The standard InChI is InChI=1S/C26H39N5O2/c1-4-10-31(11-5-2)24-19-25(29-27-21-23-9-7-8-22(6-3)18-23)28-26(20-24)33-17-14-30-12-15-32-16-13-30/h7-9,18-21H,4-6,10-17H2,1-3H3,(H,28,29)/b27-21+. The molecule has 0 radical (unpaired) electrons. The van der Waals surface area contributed by atoms with Crippen LogP contribution in [0.25, 0.3) is 0 Å². The highest BCUT2D eigenvalue weighted by Gasteiger charge is 2.12. The average Bonchev–Trinajstić information content (AvgIpc) is 2.85. The van der Waals surface area contributed by atoms with Gasteiger partial charge in [-0.3, -0.25) is 10.3 Å². The molecule has 1 fully saturated rings. The molecule has 7 heteroatoms. The molecule has 0 spiro atoms. The van der Waals surface area contributed by atoms with Crippen LogP contribution in [0.5, 0.6) is 5.88 Å². The van der Waals surface area contributed by atoms with Crippen molar-refractivity contribution < 1.29 is 9.47 Å². The van der Waals surface area contributed by atoms with E-state index in [0.29, 0.717) is 18.3 Å². The summed E-state index contributed by atoms with van der Waals surface area (Å²) in [6, 6.07) is 12.5. The van der Waals surface area contributed by atoms with Crippen molar-refractivity contribution >= 4 is 17.7 Å². The number of rotatable bonds is 13. The van der Waals surface area contributed by atoms with E-state index >= 15 is 0 Å². The molecule has 3 rings (SSSR count). The monoisotopic (exact) mass is 453 g/mol. The Morgan fingerprint density at radius 1 is 1.12 bits per heavy atom. The Balaban J connectivity index is 1.71. The van der Waals surface area contributed by atoms with Gasteiger partial charge in [-0.15, -0.1) is 0 Å². The molecule has 1 aromatic carbocycles. The van der Waals surface area contributed by atoms with Gasteiger partial charge < -0.3 is 14.4 Å². The molecule has 1 saturated heterocycles. The summed E-state index contributed by atoms with van der Waals surface area (Å²) >= 11 is 0. The van der Waals surface area contributed by atoms with Gasteiger partial charge in [-0.05, 0) is 30.4 Å².